The Morgan fingerprint density at radius 2 is 0.812 bits per heavy atom. The van der Waals surface area contributed by atoms with Crippen LogP contribution in [-0.2, 0) is 0 Å². The highest BCUT2D eigenvalue weighted by atomic mass is 15.3. The van der Waals surface area contributed by atoms with Crippen molar-refractivity contribution < 1.29 is 0 Å². The molecule has 4 aromatic carbocycles. The van der Waals surface area contributed by atoms with Gasteiger partial charge < -0.3 is 9.80 Å². The number of hydrogen-bond donors (Lipinski definition) is 0. The molecule has 0 bridgehead atoms. The molecule has 0 unspecified atom stereocenters. The first-order valence-corrected chi connectivity index (χ1v) is 17.1. The highest BCUT2D eigenvalue weighted by Crippen LogP contribution is 2.54. The van der Waals surface area contributed by atoms with Crippen LogP contribution in [0.2, 0.25) is 0 Å². The average Bonchev–Trinajstić information content (AvgIpc) is 3.03. The number of aromatic nitrogens is 2. The van der Waals surface area contributed by atoms with Gasteiger partial charge in [0.15, 0.2) is 0 Å². The SMILES string of the molecule is Cc1cc(C)c(B2c3cc(C)ncc3N3c4cccc5c4N(c4cnc(C)cc4B5c4c(C)cc(C)cc4C)c4cccc2c43)c(C)c1. The highest BCUT2D eigenvalue weighted by molar-refractivity contribution is 6.99. The molecule has 4 nitrogen and oxygen atoms in total. The molecule has 0 atom stereocenters. The van der Waals surface area contributed by atoms with E-state index in [9.17, 15) is 0 Å². The van der Waals surface area contributed by atoms with Crippen LogP contribution in [-0.4, -0.2) is 23.4 Å². The standard InChI is InChI=1S/C42H38B2N4/c1-23-15-25(3)39(26(4)16-23)43-31-11-9-13-35-41(31)47(37-21-45-29(7)19-33(37)43)36-14-10-12-32-42(36)48(35)38-22-46-30(8)20-34(38)44(32)40-27(5)17-24(2)18-28(40)6/h9-22H,1-8H3. The van der Waals surface area contributed by atoms with Gasteiger partial charge in [-0.15, -0.1) is 0 Å². The Bertz CT molecular complexity index is 2170. The molecule has 0 fully saturated rings. The van der Waals surface area contributed by atoms with E-state index in [1.54, 1.807) is 0 Å². The molecule has 0 saturated carbocycles. The first-order valence-electron chi connectivity index (χ1n) is 17.1. The minimum atomic E-state index is 0.0873. The van der Waals surface area contributed by atoms with Crippen molar-refractivity contribution in [3.05, 3.63) is 130 Å². The lowest BCUT2D eigenvalue weighted by Gasteiger charge is -2.48. The molecule has 0 N–H and O–H groups in total. The molecule has 0 amide bonds. The van der Waals surface area contributed by atoms with E-state index in [1.807, 2.05) is 0 Å². The van der Waals surface area contributed by atoms with Crippen LogP contribution in [0.5, 0.6) is 0 Å². The zero-order valence-electron chi connectivity index (χ0n) is 29.0. The predicted octanol–water partition coefficient (Wildman–Crippen LogP) is 5.86. The number of hydrogen-bond acceptors (Lipinski definition) is 4. The lowest BCUT2D eigenvalue weighted by Crippen LogP contribution is -2.62. The van der Waals surface area contributed by atoms with E-state index in [1.165, 1.54) is 88.9 Å². The van der Waals surface area contributed by atoms with Crippen molar-refractivity contribution in [3.8, 4) is 0 Å². The summed E-state index contributed by atoms with van der Waals surface area (Å²) in [6.07, 6.45) is 4.22. The lowest BCUT2D eigenvalue weighted by atomic mass is 9.33. The van der Waals surface area contributed by atoms with Gasteiger partial charge in [0.1, 0.15) is 0 Å². The Hall–Kier alpha value is -5.09. The molecule has 0 radical (unpaired) electrons. The van der Waals surface area contributed by atoms with Crippen molar-refractivity contribution in [3.63, 3.8) is 0 Å². The molecule has 2 aromatic heterocycles. The highest BCUT2D eigenvalue weighted by Gasteiger charge is 2.47. The third kappa shape index (κ3) is 3.92. The van der Waals surface area contributed by atoms with Crippen molar-refractivity contribution in [1.82, 2.24) is 9.97 Å². The summed E-state index contributed by atoms with van der Waals surface area (Å²) in [4.78, 5) is 14.9. The number of rotatable bonds is 2. The van der Waals surface area contributed by atoms with E-state index < -0.39 is 0 Å². The smallest absolute Gasteiger partial charge is 0.247 e. The number of aryl methyl sites for hydroxylation is 8. The fraction of sp³-hybridized carbons (Fsp3) is 0.190. The van der Waals surface area contributed by atoms with E-state index in [4.69, 9.17) is 9.97 Å². The van der Waals surface area contributed by atoms with Crippen LogP contribution in [0.15, 0.2) is 85.2 Å². The molecule has 48 heavy (non-hydrogen) atoms. The molecule has 0 saturated heterocycles. The average molecular weight is 620 g/mol. The van der Waals surface area contributed by atoms with Crippen molar-refractivity contribution in [2.75, 3.05) is 9.80 Å². The maximum atomic E-state index is 4.93. The summed E-state index contributed by atoms with van der Waals surface area (Å²) >= 11 is 0. The van der Waals surface area contributed by atoms with Crippen LogP contribution in [0, 0.1) is 55.4 Å². The summed E-state index contributed by atoms with van der Waals surface area (Å²) in [5, 5.41) is 0. The van der Waals surface area contributed by atoms with Gasteiger partial charge in [0.2, 0.25) is 13.4 Å². The van der Waals surface area contributed by atoms with Crippen LogP contribution in [0.4, 0.5) is 34.1 Å². The predicted molar refractivity (Wildman–Crippen MR) is 205 cm³/mol. The molecule has 6 heteroatoms. The van der Waals surface area contributed by atoms with E-state index in [0.29, 0.717) is 0 Å². The Balaban J connectivity index is 1.39. The van der Waals surface area contributed by atoms with Gasteiger partial charge in [-0.2, -0.15) is 0 Å². The lowest BCUT2D eigenvalue weighted by molar-refractivity contribution is 1.13. The van der Waals surface area contributed by atoms with Gasteiger partial charge in [-0.25, -0.2) is 0 Å². The van der Waals surface area contributed by atoms with Gasteiger partial charge in [0.05, 0.1) is 46.5 Å². The van der Waals surface area contributed by atoms with Crippen LogP contribution in [0.25, 0.3) is 0 Å². The molecule has 0 spiro atoms. The summed E-state index contributed by atoms with van der Waals surface area (Å²) in [6.45, 7) is 17.9. The summed E-state index contributed by atoms with van der Waals surface area (Å²) in [5.74, 6) is 0. The van der Waals surface area contributed by atoms with E-state index in [0.717, 1.165) is 22.8 Å². The monoisotopic (exact) mass is 620 g/mol. The second-order valence-corrected chi connectivity index (χ2v) is 14.4. The zero-order chi connectivity index (χ0) is 33.2. The zero-order valence-corrected chi connectivity index (χ0v) is 29.0. The summed E-state index contributed by atoms with van der Waals surface area (Å²) in [6, 6.07) is 27.8. The fourth-order valence-corrected chi connectivity index (χ4v) is 9.39. The number of benzene rings is 4. The van der Waals surface area contributed by atoms with Crippen LogP contribution < -0.4 is 42.6 Å². The van der Waals surface area contributed by atoms with Gasteiger partial charge >= 0.3 is 0 Å². The maximum absolute atomic E-state index is 4.93. The Labute approximate surface area is 284 Å². The molecule has 6 aromatic rings. The van der Waals surface area contributed by atoms with Gasteiger partial charge in [0.25, 0.3) is 0 Å². The van der Waals surface area contributed by atoms with Crippen LogP contribution in [0.3, 0.4) is 0 Å². The van der Waals surface area contributed by atoms with Gasteiger partial charge in [-0.1, -0.05) is 92.8 Å². The third-order valence-electron chi connectivity index (χ3n) is 10.9. The van der Waals surface area contributed by atoms with Crippen LogP contribution in [0.1, 0.15) is 44.8 Å². The van der Waals surface area contributed by atoms with E-state index >= 15 is 0 Å². The van der Waals surface area contributed by atoms with Crippen molar-refractivity contribution in [2.45, 2.75) is 55.4 Å². The molecule has 0 aliphatic carbocycles. The molecule has 232 valence electrons. The summed E-state index contributed by atoms with van der Waals surface area (Å²) < 4.78 is 0. The number of para-hydroxylation sites is 2. The molecule has 9 rings (SSSR count). The number of pyridine rings is 2. The first kappa shape index (κ1) is 29.1. The second kappa shape index (κ2) is 10.2. The number of fused-ring (bicyclic) bond motifs is 6. The molecular weight excluding hydrogens is 582 g/mol. The second-order valence-electron chi connectivity index (χ2n) is 14.4. The normalized spacial score (nSPS) is 13.7. The third-order valence-corrected chi connectivity index (χ3v) is 10.9. The summed E-state index contributed by atoms with van der Waals surface area (Å²) in [5.41, 5.74) is 25.2. The van der Waals surface area contributed by atoms with Crippen molar-refractivity contribution in [1.29, 1.82) is 0 Å². The molecule has 3 aliphatic heterocycles. The van der Waals surface area contributed by atoms with E-state index in [2.05, 4.69) is 150 Å². The minimum Gasteiger partial charge on any atom is -0.306 e. The summed E-state index contributed by atoms with van der Waals surface area (Å²) in [7, 11) is 0. The Morgan fingerprint density at radius 3 is 1.19 bits per heavy atom. The van der Waals surface area contributed by atoms with Crippen molar-refractivity contribution >= 4 is 80.3 Å². The van der Waals surface area contributed by atoms with Crippen LogP contribution >= 0.6 is 0 Å². The molecule has 3 aliphatic rings. The van der Waals surface area contributed by atoms with Crippen molar-refractivity contribution in [2.24, 2.45) is 0 Å². The molecular formula is C42H38B2N4. The maximum Gasteiger partial charge on any atom is 0.247 e. The van der Waals surface area contributed by atoms with Gasteiger partial charge in [-0.3, -0.25) is 9.97 Å². The largest absolute Gasteiger partial charge is 0.306 e. The minimum absolute atomic E-state index is 0.0873. The van der Waals surface area contributed by atoms with Gasteiger partial charge in [-0.05, 0) is 102 Å². The quantitative estimate of drug-likeness (QED) is 0.227. The van der Waals surface area contributed by atoms with Gasteiger partial charge in [0, 0.05) is 11.4 Å². The van der Waals surface area contributed by atoms with E-state index in [-0.39, 0.29) is 13.4 Å². The first-order chi connectivity index (χ1) is 23.1. The Kier molecular flexibility index (Phi) is 6.18. The Morgan fingerprint density at radius 1 is 0.438 bits per heavy atom. The fourth-order valence-electron chi connectivity index (χ4n) is 9.39. The number of anilines is 6. The topological polar surface area (TPSA) is 32.3 Å². The number of nitrogens with zero attached hydrogens (tertiary/aromatic N) is 4. The molecule has 5 heterocycles.